The van der Waals surface area contributed by atoms with Crippen molar-refractivity contribution in [3.05, 3.63) is 29.8 Å². The fraction of sp³-hybridized carbons (Fsp3) is 0.500. The van der Waals surface area contributed by atoms with Gasteiger partial charge in [-0.25, -0.2) is 0 Å². The number of nitrogens with one attached hydrogen (secondary N) is 1. The summed E-state index contributed by atoms with van der Waals surface area (Å²) in [6.45, 7) is -0.264. The Bertz CT molecular complexity index is 633. The number of ether oxygens (including phenoxy) is 1. The van der Waals surface area contributed by atoms with E-state index < -0.39 is 0 Å². The average Bonchev–Trinajstić information content (AvgIpc) is 3.16. The molecule has 0 saturated heterocycles. The fourth-order valence-electron chi connectivity index (χ4n) is 3.87. The minimum absolute atomic E-state index is 0.264. The van der Waals surface area contributed by atoms with Crippen LogP contribution in [0.1, 0.15) is 37.7 Å². The number of anilines is 1. The van der Waals surface area contributed by atoms with E-state index in [2.05, 4.69) is 5.32 Å². The van der Waals surface area contributed by atoms with Gasteiger partial charge in [-0.05, 0) is 61.3 Å². The number of benzene rings is 1. The Morgan fingerprint density at radius 3 is 2.61 bits per heavy atom. The molecule has 2 aliphatic carbocycles. The molecule has 2 aliphatic rings. The van der Waals surface area contributed by atoms with Crippen LogP contribution in [0, 0.1) is 29.1 Å². The molecule has 0 heterocycles. The van der Waals surface area contributed by atoms with Crippen LogP contribution in [0.5, 0.6) is 0 Å². The number of carbonyl (C=O) groups excluding carboxylic acids is 2. The normalized spacial score (nSPS) is 24.9. The van der Waals surface area contributed by atoms with Crippen LogP contribution < -0.4 is 5.32 Å². The Kier molecular flexibility index (Phi) is 4.61. The highest BCUT2D eigenvalue weighted by Crippen LogP contribution is 2.49. The third-order valence-electron chi connectivity index (χ3n) is 4.98. The molecule has 2 saturated carbocycles. The zero-order chi connectivity index (χ0) is 16.2. The molecule has 2 fully saturated rings. The van der Waals surface area contributed by atoms with E-state index in [4.69, 9.17) is 10.00 Å². The van der Waals surface area contributed by atoms with Gasteiger partial charge in [0.25, 0.3) is 5.91 Å². The molecule has 23 heavy (non-hydrogen) atoms. The van der Waals surface area contributed by atoms with Crippen molar-refractivity contribution < 1.29 is 14.3 Å². The van der Waals surface area contributed by atoms with Crippen LogP contribution in [0.2, 0.25) is 0 Å². The second-order valence-corrected chi connectivity index (χ2v) is 6.54. The predicted octanol–water partition coefficient (Wildman–Crippen LogP) is 2.87. The van der Waals surface area contributed by atoms with Gasteiger partial charge >= 0.3 is 5.97 Å². The van der Waals surface area contributed by atoms with Crippen molar-refractivity contribution in [2.45, 2.75) is 32.1 Å². The molecule has 1 N–H and O–H groups in total. The Morgan fingerprint density at radius 1 is 1.22 bits per heavy atom. The monoisotopic (exact) mass is 312 g/mol. The Labute approximate surface area is 135 Å². The maximum atomic E-state index is 11.9. The highest BCUT2D eigenvalue weighted by atomic mass is 16.5. The highest BCUT2D eigenvalue weighted by Gasteiger charge is 2.40. The van der Waals surface area contributed by atoms with E-state index in [-0.39, 0.29) is 18.5 Å². The van der Waals surface area contributed by atoms with Gasteiger partial charge in [-0.15, -0.1) is 0 Å². The van der Waals surface area contributed by atoms with Crippen LogP contribution in [0.25, 0.3) is 0 Å². The summed E-state index contributed by atoms with van der Waals surface area (Å²) in [6, 6.07) is 8.55. The van der Waals surface area contributed by atoms with Crippen LogP contribution >= 0.6 is 0 Å². The number of carbonyl (C=O) groups is 2. The second kappa shape index (κ2) is 6.82. The third-order valence-corrected chi connectivity index (χ3v) is 4.98. The van der Waals surface area contributed by atoms with Gasteiger partial charge in [0.15, 0.2) is 6.61 Å². The van der Waals surface area contributed by atoms with Crippen molar-refractivity contribution in [2.24, 2.45) is 17.8 Å². The summed E-state index contributed by atoms with van der Waals surface area (Å²) in [5, 5.41) is 11.4. The first kappa shape index (κ1) is 15.5. The molecule has 0 unspecified atom stereocenters. The van der Waals surface area contributed by atoms with Crippen molar-refractivity contribution in [1.82, 2.24) is 0 Å². The zero-order valence-electron chi connectivity index (χ0n) is 13.0. The molecule has 0 aliphatic heterocycles. The van der Waals surface area contributed by atoms with Crippen LogP contribution in [-0.2, 0) is 14.3 Å². The molecular formula is C18H20N2O3. The SMILES string of the molecule is N#Cc1ccc(NC(=O)COC(=O)C[C@@H]2C[C@@H]3CC[C@@H]2C3)cc1. The third kappa shape index (κ3) is 3.89. The van der Waals surface area contributed by atoms with Gasteiger partial charge < -0.3 is 10.1 Å². The van der Waals surface area contributed by atoms with Gasteiger partial charge in [-0.3, -0.25) is 9.59 Å². The highest BCUT2D eigenvalue weighted by molar-refractivity contribution is 5.92. The van der Waals surface area contributed by atoms with E-state index in [1.54, 1.807) is 24.3 Å². The second-order valence-electron chi connectivity index (χ2n) is 6.54. The number of hydrogen-bond acceptors (Lipinski definition) is 4. The molecule has 1 aromatic rings. The summed E-state index contributed by atoms with van der Waals surface area (Å²) in [7, 11) is 0. The molecule has 1 amide bonds. The molecule has 3 rings (SSSR count). The summed E-state index contributed by atoms with van der Waals surface area (Å²) in [4.78, 5) is 23.7. The van der Waals surface area contributed by atoms with Gasteiger partial charge in [0, 0.05) is 12.1 Å². The van der Waals surface area contributed by atoms with E-state index >= 15 is 0 Å². The topological polar surface area (TPSA) is 79.2 Å². The summed E-state index contributed by atoms with van der Waals surface area (Å²) in [6.07, 6.45) is 5.38. The molecule has 3 atom stereocenters. The molecular weight excluding hydrogens is 292 g/mol. The van der Waals surface area contributed by atoms with Crippen LogP contribution in [0.4, 0.5) is 5.69 Å². The Hall–Kier alpha value is -2.35. The largest absolute Gasteiger partial charge is 0.456 e. The first-order valence-electron chi connectivity index (χ1n) is 8.09. The molecule has 5 heteroatoms. The van der Waals surface area contributed by atoms with Gasteiger partial charge in [0.05, 0.1) is 11.6 Å². The Balaban J connectivity index is 1.40. The number of fused-ring (bicyclic) bond motifs is 2. The standard InChI is InChI=1S/C18H20N2O3/c19-10-12-2-5-16(6-3-12)20-17(21)11-23-18(22)9-15-8-13-1-4-14(15)7-13/h2-3,5-6,13-15H,1,4,7-9,11H2,(H,20,21)/t13-,14-,15+/m1/s1. The summed E-state index contributed by atoms with van der Waals surface area (Å²) < 4.78 is 5.09. The molecule has 0 radical (unpaired) electrons. The first-order valence-corrected chi connectivity index (χ1v) is 8.09. The number of rotatable bonds is 5. The lowest BCUT2D eigenvalue weighted by molar-refractivity contribution is -0.148. The van der Waals surface area contributed by atoms with Crippen LogP contribution in [0.15, 0.2) is 24.3 Å². The van der Waals surface area contributed by atoms with E-state index in [1.165, 1.54) is 19.3 Å². The lowest BCUT2D eigenvalue weighted by atomic mass is 9.86. The molecule has 0 aromatic heterocycles. The molecule has 120 valence electrons. The number of hydrogen-bond donors (Lipinski definition) is 1. The van der Waals surface area contributed by atoms with Crippen molar-refractivity contribution in [3.8, 4) is 6.07 Å². The number of nitriles is 1. The summed E-state index contributed by atoms with van der Waals surface area (Å²) in [5.74, 6) is 1.29. The van der Waals surface area contributed by atoms with Gasteiger partial charge in [0.2, 0.25) is 0 Å². The molecule has 0 spiro atoms. The smallest absolute Gasteiger partial charge is 0.306 e. The molecule has 1 aromatic carbocycles. The van der Waals surface area contributed by atoms with Crippen LogP contribution in [0.3, 0.4) is 0 Å². The lowest BCUT2D eigenvalue weighted by Gasteiger charge is -2.20. The Morgan fingerprint density at radius 2 is 2.00 bits per heavy atom. The number of nitrogens with zero attached hydrogens (tertiary/aromatic N) is 1. The molecule has 5 nitrogen and oxygen atoms in total. The number of amides is 1. The van der Waals surface area contributed by atoms with E-state index in [9.17, 15) is 9.59 Å². The van der Waals surface area contributed by atoms with Crippen molar-refractivity contribution in [3.63, 3.8) is 0 Å². The molecule has 2 bridgehead atoms. The number of esters is 1. The van der Waals surface area contributed by atoms with Gasteiger partial charge in [-0.2, -0.15) is 5.26 Å². The summed E-state index contributed by atoms with van der Waals surface area (Å²) >= 11 is 0. The quantitative estimate of drug-likeness (QED) is 0.848. The minimum Gasteiger partial charge on any atom is -0.456 e. The van der Waals surface area contributed by atoms with Gasteiger partial charge in [-0.1, -0.05) is 6.42 Å². The maximum Gasteiger partial charge on any atom is 0.306 e. The van der Waals surface area contributed by atoms with Crippen molar-refractivity contribution in [1.29, 1.82) is 5.26 Å². The lowest BCUT2D eigenvalue weighted by Crippen LogP contribution is -2.23. The van der Waals surface area contributed by atoms with Crippen molar-refractivity contribution >= 4 is 17.6 Å². The van der Waals surface area contributed by atoms with E-state index in [0.717, 1.165) is 12.3 Å². The van der Waals surface area contributed by atoms with Crippen LogP contribution in [-0.4, -0.2) is 18.5 Å². The average molecular weight is 312 g/mol. The maximum absolute atomic E-state index is 11.9. The van der Waals surface area contributed by atoms with E-state index in [1.807, 2.05) is 6.07 Å². The minimum atomic E-state index is -0.365. The zero-order valence-corrected chi connectivity index (χ0v) is 13.0. The van der Waals surface area contributed by atoms with Gasteiger partial charge in [0.1, 0.15) is 0 Å². The summed E-state index contributed by atoms with van der Waals surface area (Å²) in [5.41, 5.74) is 1.11. The van der Waals surface area contributed by atoms with Crippen molar-refractivity contribution in [2.75, 3.05) is 11.9 Å². The predicted molar refractivity (Wildman–Crippen MR) is 84.3 cm³/mol. The van der Waals surface area contributed by atoms with E-state index in [0.29, 0.717) is 29.5 Å². The first-order chi connectivity index (χ1) is 11.1. The fourth-order valence-corrected chi connectivity index (χ4v) is 3.87.